The normalized spacial score (nSPS) is 17.4. The number of benzene rings is 2. The van der Waals surface area contributed by atoms with Gasteiger partial charge in [-0.05, 0) is 79.9 Å². The quantitative estimate of drug-likeness (QED) is 0.395. The average Bonchev–Trinajstić information content (AvgIpc) is 2.90. The van der Waals surface area contributed by atoms with Crippen LogP contribution in [0.2, 0.25) is 5.02 Å². The third kappa shape index (κ3) is 6.33. The maximum absolute atomic E-state index is 13.4. The molecule has 0 aromatic heterocycles. The number of rotatable bonds is 7. The van der Waals surface area contributed by atoms with Gasteiger partial charge >= 0.3 is 0 Å². The summed E-state index contributed by atoms with van der Waals surface area (Å²) < 4.78 is 40.9. The van der Waals surface area contributed by atoms with Gasteiger partial charge in [0.15, 0.2) is 0 Å². The number of nitrogens with one attached hydrogen (secondary N) is 1. The van der Waals surface area contributed by atoms with Gasteiger partial charge in [0.05, 0.1) is 4.90 Å². The number of hydrogen-bond acceptors (Lipinski definition) is 6. The minimum atomic E-state index is -4.08. The number of piperazine rings is 1. The van der Waals surface area contributed by atoms with Crippen LogP contribution >= 0.6 is 11.6 Å². The predicted molar refractivity (Wildman–Crippen MR) is 149 cm³/mol. The van der Waals surface area contributed by atoms with Crippen molar-refractivity contribution in [2.45, 2.75) is 30.7 Å². The lowest BCUT2D eigenvalue weighted by Gasteiger charge is -2.41. The monoisotopic (exact) mass is 560 g/mol. The van der Waals surface area contributed by atoms with Gasteiger partial charge in [-0.15, -0.1) is 4.40 Å². The standard InChI is InChI=1S/C26H30ClFN6O3S/c1-18(34-12-2-3-19-17-20(27)4-9-23(19)34)26(35)33-15-13-32(14-16-33)21-5-7-22(8-6-21)38(36,37)31-25(30)11-10-24(28)29/h4-11,17-18,29H,2-3,12-16H2,1H3,(H2,30,31)/t18-/m1/s1. The van der Waals surface area contributed by atoms with Gasteiger partial charge in [-0.25, -0.2) is 0 Å². The van der Waals surface area contributed by atoms with Crippen molar-refractivity contribution in [2.75, 3.05) is 42.5 Å². The number of hydrogen-bond donors (Lipinski definition) is 2. The van der Waals surface area contributed by atoms with E-state index in [1.807, 2.05) is 30.0 Å². The fourth-order valence-electron chi connectivity index (χ4n) is 4.79. The van der Waals surface area contributed by atoms with Crippen molar-refractivity contribution >= 4 is 50.7 Å². The van der Waals surface area contributed by atoms with E-state index in [0.29, 0.717) is 37.3 Å². The SMILES string of the molecule is C[C@H](C(=O)N1CCN(c2ccc(S(=O)(=O)N=C(N)C=CC(=N)F)cc2)CC1)N1CCCc2cc(Cl)ccc21. The molecule has 1 amide bonds. The maximum Gasteiger partial charge on any atom is 0.284 e. The minimum absolute atomic E-state index is 0.0568. The molecule has 1 fully saturated rings. The van der Waals surface area contributed by atoms with Gasteiger partial charge in [0.2, 0.25) is 11.9 Å². The van der Waals surface area contributed by atoms with Crippen LogP contribution in [0.5, 0.6) is 0 Å². The van der Waals surface area contributed by atoms with E-state index in [1.54, 1.807) is 12.1 Å². The fourth-order valence-corrected chi connectivity index (χ4v) is 5.91. The van der Waals surface area contributed by atoms with E-state index >= 15 is 0 Å². The molecule has 0 bridgehead atoms. The first-order valence-electron chi connectivity index (χ1n) is 12.3. The number of amides is 1. The average molecular weight is 561 g/mol. The first kappa shape index (κ1) is 27.6. The first-order chi connectivity index (χ1) is 18.0. The zero-order valence-corrected chi connectivity index (χ0v) is 22.6. The number of fused-ring (bicyclic) bond motifs is 1. The maximum atomic E-state index is 13.4. The van der Waals surface area contributed by atoms with Crippen molar-refractivity contribution < 1.29 is 17.6 Å². The number of carbonyl (C=O) groups is 1. The van der Waals surface area contributed by atoms with Crippen LogP contribution in [-0.4, -0.2) is 69.8 Å². The minimum Gasteiger partial charge on any atom is -0.383 e. The highest BCUT2D eigenvalue weighted by Gasteiger charge is 2.31. The summed E-state index contributed by atoms with van der Waals surface area (Å²) in [7, 11) is -4.08. The Hall–Kier alpha value is -3.44. The molecule has 202 valence electrons. The van der Waals surface area contributed by atoms with Crippen LogP contribution in [0.25, 0.3) is 0 Å². The molecular formula is C26H30ClFN6O3S. The lowest BCUT2D eigenvalue weighted by Crippen LogP contribution is -2.55. The number of allylic oxidation sites excluding steroid dienone is 1. The number of anilines is 2. The highest BCUT2D eigenvalue weighted by molar-refractivity contribution is 7.90. The van der Waals surface area contributed by atoms with Gasteiger partial charge < -0.3 is 20.4 Å². The van der Waals surface area contributed by atoms with Crippen molar-refractivity contribution in [3.05, 3.63) is 65.2 Å². The third-order valence-electron chi connectivity index (χ3n) is 6.74. The van der Waals surface area contributed by atoms with Gasteiger partial charge in [-0.2, -0.15) is 12.8 Å². The van der Waals surface area contributed by atoms with E-state index in [4.69, 9.17) is 22.7 Å². The summed E-state index contributed by atoms with van der Waals surface area (Å²) in [5.74, 6) is -1.60. The van der Waals surface area contributed by atoms with Crippen LogP contribution in [-0.2, 0) is 21.2 Å². The molecule has 2 aliphatic heterocycles. The smallest absolute Gasteiger partial charge is 0.284 e. The van der Waals surface area contributed by atoms with Crippen molar-refractivity contribution in [3.63, 3.8) is 0 Å². The highest BCUT2D eigenvalue weighted by atomic mass is 35.5. The second-order valence-corrected chi connectivity index (χ2v) is 11.3. The molecule has 38 heavy (non-hydrogen) atoms. The molecule has 1 saturated heterocycles. The molecule has 3 N–H and O–H groups in total. The Kier molecular flexibility index (Phi) is 8.37. The van der Waals surface area contributed by atoms with Crippen LogP contribution < -0.4 is 15.5 Å². The molecule has 2 heterocycles. The Labute approximate surface area is 226 Å². The van der Waals surface area contributed by atoms with E-state index in [0.717, 1.165) is 36.8 Å². The van der Waals surface area contributed by atoms with Gasteiger partial charge in [0.25, 0.3) is 10.0 Å². The van der Waals surface area contributed by atoms with Gasteiger partial charge in [-0.1, -0.05) is 11.6 Å². The Balaban J connectivity index is 1.37. The number of carbonyl (C=O) groups excluding carboxylic acids is 1. The molecule has 2 aromatic rings. The summed E-state index contributed by atoms with van der Waals surface area (Å²) in [6.07, 6.45) is 3.55. The highest BCUT2D eigenvalue weighted by Crippen LogP contribution is 2.31. The molecule has 0 spiro atoms. The van der Waals surface area contributed by atoms with E-state index in [9.17, 15) is 17.6 Å². The number of halogens is 2. The molecule has 0 aliphatic carbocycles. The van der Waals surface area contributed by atoms with Gasteiger partial charge in [-0.3, -0.25) is 10.2 Å². The van der Waals surface area contributed by atoms with Crippen LogP contribution in [0.15, 0.2) is 63.9 Å². The summed E-state index contributed by atoms with van der Waals surface area (Å²) in [6, 6.07) is 11.8. The lowest BCUT2D eigenvalue weighted by molar-refractivity contribution is -0.132. The molecule has 0 saturated carbocycles. The summed E-state index contributed by atoms with van der Waals surface area (Å²) in [5, 5.41) is 7.40. The number of nitrogens with two attached hydrogens (primary N) is 1. The van der Waals surface area contributed by atoms with E-state index < -0.39 is 21.8 Å². The Morgan fingerprint density at radius 3 is 2.45 bits per heavy atom. The molecule has 12 heteroatoms. The number of nitrogens with zero attached hydrogens (tertiary/aromatic N) is 4. The molecule has 2 aliphatic rings. The van der Waals surface area contributed by atoms with E-state index in [1.165, 1.54) is 17.7 Å². The second kappa shape index (κ2) is 11.5. The number of sulfonamides is 1. The fraction of sp³-hybridized carbons (Fsp3) is 0.346. The van der Waals surface area contributed by atoms with Crippen molar-refractivity contribution in [3.8, 4) is 0 Å². The summed E-state index contributed by atoms with van der Waals surface area (Å²) in [5.41, 5.74) is 8.57. The van der Waals surface area contributed by atoms with Gasteiger partial charge in [0, 0.05) is 49.1 Å². The Bertz CT molecular complexity index is 1370. The zero-order valence-electron chi connectivity index (χ0n) is 21.0. The molecular weight excluding hydrogens is 531 g/mol. The van der Waals surface area contributed by atoms with Crippen molar-refractivity contribution in [2.24, 2.45) is 10.1 Å². The molecule has 1 atom stereocenters. The first-order valence-corrected chi connectivity index (χ1v) is 14.1. The lowest BCUT2D eigenvalue weighted by atomic mass is 10.00. The van der Waals surface area contributed by atoms with E-state index in [2.05, 4.69) is 14.2 Å². The van der Waals surface area contributed by atoms with Crippen LogP contribution in [0.4, 0.5) is 15.8 Å². The Morgan fingerprint density at radius 2 is 1.79 bits per heavy atom. The van der Waals surface area contributed by atoms with Crippen LogP contribution in [0.3, 0.4) is 0 Å². The largest absolute Gasteiger partial charge is 0.383 e. The third-order valence-corrected chi connectivity index (χ3v) is 8.29. The predicted octanol–water partition coefficient (Wildman–Crippen LogP) is 3.38. The van der Waals surface area contributed by atoms with Gasteiger partial charge in [0.1, 0.15) is 11.9 Å². The molecule has 9 nitrogen and oxygen atoms in total. The summed E-state index contributed by atoms with van der Waals surface area (Å²) in [6.45, 7) is 5.11. The second-order valence-electron chi connectivity index (χ2n) is 9.22. The molecule has 4 rings (SSSR count). The molecule has 2 aromatic carbocycles. The van der Waals surface area contributed by atoms with Crippen LogP contribution in [0.1, 0.15) is 18.9 Å². The summed E-state index contributed by atoms with van der Waals surface area (Å²) >= 11 is 6.17. The molecule has 0 unspecified atom stereocenters. The number of aryl methyl sites for hydroxylation is 1. The molecule has 0 radical (unpaired) electrons. The number of amidine groups is 1. The summed E-state index contributed by atoms with van der Waals surface area (Å²) in [4.78, 5) is 19.4. The van der Waals surface area contributed by atoms with Crippen LogP contribution in [0, 0.1) is 5.41 Å². The Morgan fingerprint density at radius 1 is 1.11 bits per heavy atom. The topological polar surface area (TPSA) is 123 Å². The van der Waals surface area contributed by atoms with Crippen molar-refractivity contribution in [1.82, 2.24) is 4.90 Å². The van der Waals surface area contributed by atoms with E-state index in [-0.39, 0.29) is 16.8 Å². The van der Waals surface area contributed by atoms with Crippen molar-refractivity contribution in [1.29, 1.82) is 5.41 Å². The zero-order chi connectivity index (χ0) is 27.4.